The number of nitro groups is 1. The minimum absolute atomic E-state index is 0.0621. The number of hydrogen-bond acceptors (Lipinski definition) is 6. The third kappa shape index (κ3) is 6.21. The van der Waals surface area contributed by atoms with Crippen LogP contribution in [0.5, 0.6) is 11.5 Å². The van der Waals surface area contributed by atoms with Crippen LogP contribution >= 0.6 is 31.9 Å². The first-order valence-corrected chi connectivity index (χ1v) is 11.3. The van der Waals surface area contributed by atoms with Gasteiger partial charge in [0.25, 0.3) is 11.6 Å². The average molecular weight is 587 g/mol. The first kappa shape index (κ1) is 25.0. The van der Waals surface area contributed by atoms with Gasteiger partial charge in [-0.3, -0.25) is 14.9 Å². The molecule has 0 saturated heterocycles. The number of ether oxygens (including phenoxy) is 2. The van der Waals surface area contributed by atoms with Crippen LogP contribution in [-0.4, -0.2) is 17.9 Å². The molecule has 0 saturated carbocycles. The Labute approximate surface area is 212 Å². The second-order valence-corrected chi connectivity index (χ2v) is 8.61. The highest BCUT2D eigenvalue weighted by Crippen LogP contribution is 2.35. The second kappa shape index (κ2) is 11.4. The van der Waals surface area contributed by atoms with Crippen LogP contribution in [0, 0.1) is 21.4 Å². The van der Waals surface area contributed by atoms with Crippen molar-refractivity contribution >= 4 is 55.2 Å². The van der Waals surface area contributed by atoms with Crippen LogP contribution in [0.15, 0.2) is 75.2 Å². The number of nitrogens with zero attached hydrogens (tertiary/aromatic N) is 2. The number of anilines is 1. The van der Waals surface area contributed by atoms with Gasteiger partial charge < -0.3 is 14.8 Å². The molecule has 0 aliphatic heterocycles. The first-order valence-electron chi connectivity index (χ1n) is 9.73. The Morgan fingerprint density at radius 1 is 1.18 bits per heavy atom. The normalized spacial score (nSPS) is 10.8. The molecule has 0 aliphatic rings. The Morgan fingerprint density at radius 3 is 2.56 bits per heavy atom. The molecule has 0 fully saturated rings. The van der Waals surface area contributed by atoms with Crippen LogP contribution in [0.1, 0.15) is 11.1 Å². The van der Waals surface area contributed by atoms with Crippen molar-refractivity contribution < 1.29 is 19.2 Å². The van der Waals surface area contributed by atoms with E-state index in [1.165, 1.54) is 31.4 Å². The van der Waals surface area contributed by atoms with Gasteiger partial charge in [-0.15, -0.1) is 0 Å². The Balaban J connectivity index is 1.92. The molecule has 0 atom stereocenters. The predicted molar refractivity (Wildman–Crippen MR) is 134 cm³/mol. The minimum Gasteiger partial charge on any atom is -0.496 e. The zero-order chi connectivity index (χ0) is 24.7. The van der Waals surface area contributed by atoms with Crippen LogP contribution < -0.4 is 14.8 Å². The van der Waals surface area contributed by atoms with Crippen molar-refractivity contribution in [1.29, 1.82) is 5.26 Å². The fourth-order valence-electron chi connectivity index (χ4n) is 2.96. The molecule has 0 aromatic heterocycles. The lowest BCUT2D eigenvalue weighted by atomic mass is 10.1. The summed E-state index contributed by atoms with van der Waals surface area (Å²) in [4.78, 5) is 23.6. The highest BCUT2D eigenvalue weighted by Gasteiger charge is 2.20. The van der Waals surface area contributed by atoms with Crippen LogP contribution in [0.4, 0.5) is 11.4 Å². The molecule has 0 radical (unpaired) electrons. The molecule has 10 heteroatoms. The summed E-state index contributed by atoms with van der Waals surface area (Å²) in [7, 11) is 1.38. The van der Waals surface area contributed by atoms with Crippen molar-refractivity contribution in [2.24, 2.45) is 0 Å². The Morgan fingerprint density at radius 2 is 1.91 bits per heavy atom. The Kier molecular flexibility index (Phi) is 8.40. The summed E-state index contributed by atoms with van der Waals surface area (Å²) >= 11 is 6.86. The first-order chi connectivity index (χ1) is 16.3. The maximum Gasteiger partial charge on any atom is 0.296 e. The number of hydrogen-bond donors (Lipinski definition) is 1. The fourth-order valence-corrected chi connectivity index (χ4v) is 4.33. The van der Waals surface area contributed by atoms with Gasteiger partial charge in [0.05, 0.1) is 22.6 Å². The molecule has 3 aromatic rings. The van der Waals surface area contributed by atoms with E-state index in [-0.39, 0.29) is 29.3 Å². The summed E-state index contributed by atoms with van der Waals surface area (Å²) in [5.41, 5.74) is 0.722. The van der Waals surface area contributed by atoms with E-state index in [9.17, 15) is 20.2 Å². The fraction of sp³-hybridized carbons (Fsp3) is 0.0833. The Bertz CT molecular complexity index is 1300. The summed E-state index contributed by atoms with van der Waals surface area (Å²) in [5, 5.41) is 23.5. The molecule has 34 heavy (non-hydrogen) atoms. The number of benzene rings is 3. The van der Waals surface area contributed by atoms with Gasteiger partial charge in [0.1, 0.15) is 35.4 Å². The monoisotopic (exact) mass is 585 g/mol. The van der Waals surface area contributed by atoms with E-state index < -0.39 is 10.8 Å². The van der Waals surface area contributed by atoms with Gasteiger partial charge in [0.15, 0.2) is 0 Å². The molecule has 8 nitrogen and oxygen atoms in total. The average Bonchev–Trinajstić information content (AvgIpc) is 2.82. The molecule has 3 rings (SSSR count). The maximum atomic E-state index is 12.8. The lowest BCUT2D eigenvalue weighted by molar-refractivity contribution is -0.384. The van der Waals surface area contributed by atoms with E-state index in [2.05, 4.69) is 37.2 Å². The standard InChI is InChI=1S/C24H17Br2N3O5/c1-33-19-7-8-21(22(12-19)29(31)32)28-24(30)17(13-27)9-16-10-18(25)11-20(26)23(16)34-14-15-5-3-2-4-6-15/h2-12H,14H2,1H3,(H,28,30)/b17-9+. The molecular weight excluding hydrogens is 570 g/mol. The lowest BCUT2D eigenvalue weighted by Gasteiger charge is -2.13. The molecule has 0 bridgehead atoms. The molecule has 172 valence electrons. The predicted octanol–water partition coefficient (Wildman–Crippen LogP) is 6.25. The van der Waals surface area contributed by atoms with Crippen molar-refractivity contribution in [2.45, 2.75) is 6.61 Å². The number of halogens is 2. The van der Waals surface area contributed by atoms with Crippen molar-refractivity contribution in [3.05, 3.63) is 96.4 Å². The maximum absolute atomic E-state index is 12.8. The summed E-state index contributed by atoms with van der Waals surface area (Å²) < 4.78 is 12.3. The van der Waals surface area contributed by atoms with Crippen LogP contribution in [-0.2, 0) is 11.4 Å². The number of amides is 1. The molecular formula is C24H17Br2N3O5. The molecule has 0 unspecified atom stereocenters. The summed E-state index contributed by atoms with van der Waals surface area (Å²) in [6, 6.07) is 18.9. The van der Waals surface area contributed by atoms with Gasteiger partial charge in [0, 0.05) is 10.0 Å². The molecule has 1 N–H and O–H groups in total. The van der Waals surface area contributed by atoms with E-state index in [1.54, 1.807) is 12.1 Å². The minimum atomic E-state index is -0.805. The van der Waals surface area contributed by atoms with Crippen LogP contribution in [0.3, 0.4) is 0 Å². The van der Waals surface area contributed by atoms with Gasteiger partial charge in [0.2, 0.25) is 0 Å². The van der Waals surface area contributed by atoms with Gasteiger partial charge in [-0.25, -0.2) is 0 Å². The van der Waals surface area contributed by atoms with E-state index in [4.69, 9.17) is 9.47 Å². The Hall–Kier alpha value is -3.68. The second-order valence-electron chi connectivity index (χ2n) is 6.84. The largest absolute Gasteiger partial charge is 0.496 e. The summed E-state index contributed by atoms with van der Waals surface area (Å²) in [6.45, 7) is 0.272. The van der Waals surface area contributed by atoms with Gasteiger partial charge >= 0.3 is 0 Å². The van der Waals surface area contributed by atoms with Crippen molar-refractivity contribution in [2.75, 3.05) is 12.4 Å². The smallest absolute Gasteiger partial charge is 0.296 e. The topological polar surface area (TPSA) is 114 Å². The van der Waals surface area contributed by atoms with E-state index in [1.807, 2.05) is 36.4 Å². The van der Waals surface area contributed by atoms with Crippen LogP contribution in [0.2, 0.25) is 0 Å². The zero-order valence-corrected chi connectivity index (χ0v) is 20.9. The quantitative estimate of drug-likeness (QED) is 0.144. The lowest BCUT2D eigenvalue weighted by Crippen LogP contribution is -2.14. The highest BCUT2D eigenvalue weighted by atomic mass is 79.9. The SMILES string of the molecule is COc1ccc(NC(=O)/C(C#N)=C/c2cc(Br)cc(Br)c2OCc2ccccc2)c([N+](=O)[O-])c1. The molecule has 0 aliphatic carbocycles. The van der Waals surface area contributed by atoms with E-state index in [0.717, 1.165) is 5.56 Å². The number of nitriles is 1. The third-order valence-electron chi connectivity index (χ3n) is 4.58. The number of carbonyl (C=O) groups excluding carboxylic acids is 1. The number of methoxy groups -OCH3 is 1. The molecule has 0 heterocycles. The van der Waals surface area contributed by atoms with Gasteiger partial charge in [-0.1, -0.05) is 46.3 Å². The number of carbonyl (C=O) groups is 1. The molecule has 0 spiro atoms. The number of nitrogens with one attached hydrogen (secondary N) is 1. The highest BCUT2D eigenvalue weighted by molar-refractivity contribution is 9.11. The van der Waals surface area contributed by atoms with Crippen molar-refractivity contribution in [3.8, 4) is 17.6 Å². The molecule has 3 aromatic carbocycles. The third-order valence-corrected chi connectivity index (χ3v) is 5.62. The number of rotatable bonds is 8. The van der Waals surface area contributed by atoms with Crippen molar-refractivity contribution in [1.82, 2.24) is 0 Å². The van der Waals surface area contributed by atoms with Gasteiger partial charge in [-0.05, 0) is 51.8 Å². The summed E-state index contributed by atoms with van der Waals surface area (Å²) in [6.07, 6.45) is 1.36. The van der Waals surface area contributed by atoms with Crippen molar-refractivity contribution in [3.63, 3.8) is 0 Å². The number of nitro benzene ring substituents is 1. The van der Waals surface area contributed by atoms with Gasteiger partial charge in [-0.2, -0.15) is 5.26 Å². The molecule has 1 amide bonds. The summed E-state index contributed by atoms with van der Waals surface area (Å²) in [5.74, 6) is -0.108. The van der Waals surface area contributed by atoms with E-state index >= 15 is 0 Å². The van der Waals surface area contributed by atoms with E-state index in [0.29, 0.717) is 20.3 Å². The van der Waals surface area contributed by atoms with Crippen LogP contribution in [0.25, 0.3) is 6.08 Å². The zero-order valence-electron chi connectivity index (χ0n) is 17.7.